The Labute approximate surface area is 189 Å². The fourth-order valence-electron chi connectivity index (χ4n) is 3.78. The molecule has 7 heteroatoms. The van der Waals surface area contributed by atoms with Crippen LogP contribution in [0.5, 0.6) is 0 Å². The number of benzene rings is 3. The molecule has 1 amide bonds. The van der Waals surface area contributed by atoms with E-state index in [2.05, 4.69) is 10.2 Å². The topological polar surface area (TPSA) is 69.7 Å². The molecule has 6 nitrogen and oxygen atoms in total. The average molecular weight is 450 g/mol. The normalized spacial score (nSPS) is 13.8. The van der Waals surface area contributed by atoms with Crippen molar-refractivity contribution in [2.45, 2.75) is 24.7 Å². The summed E-state index contributed by atoms with van der Waals surface area (Å²) in [5.41, 5.74) is 3.65. The minimum atomic E-state index is -3.73. The van der Waals surface area contributed by atoms with Gasteiger partial charge in [-0.25, -0.2) is 8.42 Å². The molecule has 0 radical (unpaired) electrons. The van der Waals surface area contributed by atoms with Gasteiger partial charge in [-0.1, -0.05) is 23.8 Å². The van der Waals surface area contributed by atoms with Crippen molar-refractivity contribution in [2.75, 3.05) is 34.7 Å². The van der Waals surface area contributed by atoms with E-state index in [1.54, 1.807) is 48.5 Å². The van der Waals surface area contributed by atoms with Crippen LogP contribution in [0.2, 0.25) is 0 Å². The number of nitrogens with zero attached hydrogens (tertiary/aromatic N) is 2. The summed E-state index contributed by atoms with van der Waals surface area (Å²) in [5, 5.41) is 2.89. The van der Waals surface area contributed by atoms with Gasteiger partial charge in [0, 0.05) is 37.1 Å². The predicted octanol–water partition coefficient (Wildman–Crippen LogP) is 4.67. The SMILES string of the molecule is Cc1ccc(S(=O)(=O)N(C)c2cccc(C(=O)Nc3ccc(N4CCCC4)cc3)c2)cc1. The third-order valence-corrected chi connectivity index (χ3v) is 7.55. The number of aryl methyl sites for hydroxylation is 1. The lowest BCUT2D eigenvalue weighted by Gasteiger charge is -2.20. The van der Waals surface area contributed by atoms with Crippen molar-refractivity contribution in [2.24, 2.45) is 0 Å². The summed E-state index contributed by atoms with van der Waals surface area (Å²) in [4.78, 5) is 15.3. The Morgan fingerprint density at radius 3 is 2.25 bits per heavy atom. The lowest BCUT2D eigenvalue weighted by atomic mass is 10.2. The highest BCUT2D eigenvalue weighted by Crippen LogP contribution is 2.25. The van der Waals surface area contributed by atoms with Crippen LogP contribution in [0.3, 0.4) is 0 Å². The van der Waals surface area contributed by atoms with Gasteiger partial charge in [0.05, 0.1) is 10.6 Å². The highest BCUT2D eigenvalue weighted by molar-refractivity contribution is 7.92. The summed E-state index contributed by atoms with van der Waals surface area (Å²) in [6.07, 6.45) is 2.42. The maximum absolute atomic E-state index is 13.0. The second kappa shape index (κ2) is 9.04. The van der Waals surface area contributed by atoms with Gasteiger partial charge in [0.15, 0.2) is 0 Å². The quantitative estimate of drug-likeness (QED) is 0.594. The number of carbonyl (C=O) groups is 1. The first-order chi connectivity index (χ1) is 15.3. The maximum atomic E-state index is 13.0. The summed E-state index contributed by atoms with van der Waals surface area (Å²) in [5.74, 6) is -0.290. The molecule has 0 saturated carbocycles. The summed E-state index contributed by atoms with van der Waals surface area (Å²) in [6, 6.07) is 21.1. The summed E-state index contributed by atoms with van der Waals surface area (Å²) in [7, 11) is -2.24. The van der Waals surface area contributed by atoms with Gasteiger partial charge < -0.3 is 10.2 Å². The Morgan fingerprint density at radius 2 is 1.59 bits per heavy atom. The fourth-order valence-corrected chi connectivity index (χ4v) is 4.97. The van der Waals surface area contributed by atoms with Crippen molar-refractivity contribution < 1.29 is 13.2 Å². The molecule has 166 valence electrons. The summed E-state index contributed by atoms with van der Waals surface area (Å²) < 4.78 is 27.2. The van der Waals surface area contributed by atoms with Crippen LogP contribution in [0, 0.1) is 6.92 Å². The van der Waals surface area contributed by atoms with E-state index in [0.29, 0.717) is 16.9 Å². The van der Waals surface area contributed by atoms with Crippen LogP contribution in [-0.4, -0.2) is 34.5 Å². The van der Waals surface area contributed by atoms with Gasteiger partial charge in [-0.2, -0.15) is 0 Å². The maximum Gasteiger partial charge on any atom is 0.264 e. The zero-order valence-corrected chi connectivity index (χ0v) is 19.1. The summed E-state index contributed by atoms with van der Waals surface area (Å²) >= 11 is 0. The van der Waals surface area contributed by atoms with Gasteiger partial charge >= 0.3 is 0 Å². The van der Waals surface area contributed by atoms with Crippen molar-refractivity contribution >= 4 is 33.0 Å². The van der Waals surface area contributed by atoms with Gasteiger partial charge in [0.2, 0.25) is 0 Å². The largest absolute Gasteiger partial charge is 0.372 e. The third-order valence-electron chi connectivity index (χ3n) is 5.75. The molecule has 0 aliphatic carbocycles. The Hall–Kier alpha value is -3.32. The predicted molar refractivity (Wildman–Crippen MR) is 129 cm³/mol. The van der Waals surface area contributed by atoms with E-state index in [-0.39, 0.29) is 10.8 Å². The molecule has 0 unspecified atom stereocenters. The first-order valence-electron chi connectivity index (χ1n) is 10.7. The average Bonchev–Trinajstić information content (AvgIpc) is 3.34. The second-order valence-electron chi connectivity index (χ2n) is 8.03. The molecule has 32 heavy (non-hydrogen) atoms. The van der Waals surface area contributed by atoms with Crippen LogP contribution in [0.1, 0.15) is 28.8 Å². The Kier molecular flexibility index (Phi) is 6.19. The molecule has 3 aromatic carbocycles. The molecule has 1 fully saturated rings. The molecule has 0 bridgehead atoms. The minimum absolute atomic E-state index is 0.207. The molecule has 0 spiro atoms. The number of carbonyl (C=O) groups excluding carboxylic acids is 1. The van der Waals surface area contributed by atoms with Gasteiger partial charge in [-0.05, 0) is 74.4 Å². The van der Waals surface area contributed by atoms with Gasteiger partial charge in [-0.15, -0.1) is 0 Å². The number of sulfonamides is 1. The van der Waals surface area contributed by atoms with Crippen molar-refractivity contribution in [1.29, 1.82) is 0 Å². The molecular weight excluding hydrogens is 422 g/mol. The number of rotatable bonds is 6. The first kappa shape index (κ1) is 21.9. The van der Waals surface area contributed by atoms with Crippen molar-refractivity contribution in [3.8, 4) is 0 Å². The monoisotopic (exact) mass is 449 g/mol. The number of anilines is 3. The number of amides is 1. The molecule has 0 atom stereocenters. The van der Waals surface area contributed by atoms with E-state index in [4.69, 9.17) is 0 Å². The van der Waals surface area contributed by atoms with E-state index in [1.807, 2.05) is 31.2 Å². The van der Waals surface area contributed by atoms with Crippen LogP contribution in [0.15, 0.2) is 77.7 Å². The molecule has 1 heterocycles. The lowest BCUT2D eigenvalue weighted by molar-refractivity contribution is 0.102. The Morgan fingerprint density at radius 1 is 0.938 bits per heavy atom. The van der Waals surface area contributed by atoms with E-state index < -0.39 is 10.0 Å². The van der Waals surface area contributed by atoms with E-state index in [0.717, 1.165) is 24.3 Å². The molecular formula is C25H27N3O3S. The second-order valence-corrected chi connectivity index (χ2v) is 10.0. The lowest BCUT2D eigenvalue weighted by Crippen LogP contribution is -2.27. The van der Waals surface area contributed by atoms with E-state index in [9.17, 15) is 13.2 Å². The fraction of sp³-hybridized carbons (Fsp3) is 0.240. The molecule has 1 aliphatic rings. The smallest absolute Gasteiger partial charge is 0.264 e. The van der Waals surface area contributed by atoms with Gasteiger partial charge in [-0.3, -0.25) is 9.10 Å². The molecule has 4 rings (SSSR count). The molecule has 1 saturated heterocycles. The first-order valence-corrected chi connectivity index (χ1v) is 12.1. The van der Waals surface area contributed by atoms with Gasteiger partial charge in [0.1, 0.15) is 0 Å². The number of nitrogens with one attached hydrogen (secondary N) is 1. The van der Waals surface area contributed by atoms with Crippen LogP contribution in [-0.2, 0) is 10.0 Å². The van der Waals surface area contributed by atoms with E-state index in [1.165, 1.54) is 24.2 Å². The molecule has 0 aromatic heterocycles. The van der Waals surface area contributed by atoms with E-state index >= 15 is 0 Å². The summed E-state index contributed by atoms with van der Waals surface area (Å²) in [6.45, 7) is 4.04. The third kappa shape index (κ3) is 4.62. The number of hydrogen-bond acceptors (Lipinski definition) is 4. The highest BCUT2D eigenvalue weighted by Gasteiger charge is 2.22. The molecule has 3 aromatic rings. The number of hydrogen-bond donors (Lipinski definition) is 1. The van der Waals surface area contributed by atoms with Crippen LogP contribution >= 0.6 is 0 Å². The molecule has 1 N–H and O–H groups in total. The van der Waals surface area contributed by atoms with Crippen LogP contribution in [0.25, 0.3) is 0 Å². The van der Waals surface area contributed by atoms with Gasteiger partial charge in [0.25, 0.3) is 15.9 Å². The molecule has 1 aliphatic heterocycles. The van der Waals surface area contributed by atoms with Crippen LogP contribution in [0.4, 0.5) is 17.1 Å². The standard InChI is InChI=1S/C25H27N3O3S/c1-19-8-14-24(15-9-19)32(30,31)27(2)23-7-5-6-20(18-23)25(29)26-21-10-12-22(13-11-21)28-16-3-4-17-28/h5-15,18H,3-4,16-17H2,1-2H3,(H,26,29). The zero-order chi connectivity index (χ0) is 22.7. The van der Waals surface area contributed by atoms with Crippen molar-refractivity contribution in [3.05, 3.63) is 83.9 Å². The van der Waals surface area contributed by atoms with Crippen LogP contribution < -0.4 is 14.5 Å². The van der Waals surface area contributed by atoms with Crippen molar-refractivity contribution in [3.63, 3.8) is 0 Å². The Balaban J connectivity index is 1.49. The van der Waals surface area contributed by atoms with Crippen molar-refractivity contribution in [1.82, 2.24) is 0 Å². The highest BCUT2D eigenvalue weighted by atomic mass is 32.2. The zero-order valence-electron chi connectivity index (χ0n) is 18.3. The minimum Gasteiger partial charge on any atom is -0.372 e. The Bertz CT molecular complexity index is 1200.